The Labute approximate surface area is 156 Å². The number of aromatic nitrogens is 4. The van der Waals surface area contributed by atoms with Crippen molar-refractivity contribution in [3.05, 3.63) is 80.8 Å². The molecule has 0 unspecified atom stereocenters. The molecular weight excluding hydrogens is 372 g/mol. The second-order valence-electron chi connectivity index (χ2n) is 5.18. The van der Waals surface area contributed by atoms with Crippen LogP contribution in [0, 0.1) is 3.95 Å². The van der Waals surface area contributed by atoms with Crippen molar-refractivity contribution in [1.82, 2.24) is 19.2 Å². The molecule has 0 aliphatic carbocycles. The van der Waals surface area contributed by atoms with Crippen LogP contribution in [0.5, 0.6) is 0 Å². The van der Waals surface area contributed by atoms with Crippen molar-refractivity contribution in [2.75, 3.05) is 0 Å². The number of rotatable bonds is 4. The van der Waals surface area contributed by atoms with Gasteiger partial charge in [-0.3, -0.25) is 9.20 Å². The minimum Gasteiger partial charge on any atom is -0.269 e. The highest BCUT2D eigenvalue weighted by atomic mass is 32.2. The predicted octanol–water partition coefficient (Wildman–Crippen LogP) is 3.96. The molecule has 0 N–H and O–H groups in total. The third kappa shape index (κ3) is 3.41. The largest absolute Gasteiger partial charge is 0.269 e. The minimum atomic E-state index is -0.0800. The molecular formula is C17H12N4OS3. The van der Waals surface area contributed by atoms with Gasteiger partial charge in [0.1, 0.15) is 5.65 Å². The monoisotopic (exact) mass is 384 g/mol. The highest BCUT2D eigenvalue weighted by Crippen LogP contribution is 2.26. The van der Waals surface area contributed by atoms with Crippen LogP contribution in [-0.2, 0) is 5.75 Å². The Morgan fingerprint density at radius 2 is 1.92 bits per heavy atom. The summed E-state index contributed by atoms with van der Waals surface area (Å²) in [5, 5.41) is 4.56. The van der Waals surface area contributed by atoms with Gasteiger partial charge in [0.15, 0.2) is 8.29 Å². The first-order valence-corrected chi connectivity index (χ1v) is 9.67. The van der Waals surface area contributed by atoms with Gasteiger partial charge in [-0.1, -0.05) is 47.4 Å². The molecule has 0 aliphatic rings. The smallest absolute Gasteiger partial charge is 0.258 e. The van der Waals surface area contributed by atoms with Gasteiger partial charge < -0.3 is 0 Å². The summed E-state index contributed by atoms with van der Waals surface area (Å²) in [6.07, 6.45) is 1.72. The van der Waals surface area contributed by atoms with Gasteiger partial charge in [-0.25, -0.2) is 9.67 Å². The van der Waals surface area contributed by atoms with Crippen molar-refractivity contribution in [3.63, 3.8) is 0 Å². The van der Waals surface area contributed by atoms with Crippen LogP contribution in [0.15, 0.2) is 69.9 Å². The Balaban J connectivity index is 1.58. The molecule has 0 amide bonds. The van der Waals surface area contributed by atoms with Crippen molar-refractivity contribution in [1.29, 1.82) is 0 Å². The first-order chi connectivity index (χ1) is 12.2. The third-order valence-electron chi connectivity index (χ3n) is 3.50. The standard InChI is InChI=1S/C17H12N4OS3/c22-15-10-12(18-14-8-4-5-9-20(14)15)11-24-16-19-21(17(23)25-16)13-6-2-1-3-7-13/h1-10H,11H2. The Morgan fingerprint density at radius 3 is 2.76 bits per heavy atom. The summed E-state index contributed by atoms with van der Waals surface area (Å²) >= 11 is 8.39. The van der Waals surface area contributed by atoms with Gasteiger partial charge >= 0.3 is 0 Å². The van der Waals surface area contributed by atoms with Crippen LogP contribution in [0.4, 0.5) is 0 Å². The van der Waals surface area contributed by atoms with Gasteiger partial charge in [0.2, 0.25) is 0 Å². The normalized spacial score (nSPS) is 11.0. The molecule has 5 nitrogen and oxygen atoms in total. The number of hydrogen-bond donors (Lipinski definition) is 0. The lowest BCUT2D eigenvalue weighted by Crippen LogP contribution is -2.14. The molecule has 0 saturated carbocycles. The summed E-state index contributed by atoms with van der Waals surface area (Å²) in [4.78, 5) is 16.7. The summed E-state index contributed by atoms with van der Waals surface area (Å²) < 4.78 is 4.83. The number of benzene rings is 1. The average molecular weight is 385 g/mol. The fraction of sp³-hybridized carbons (Fsp3) is 0.0588. The molecule has 3 heterocycles. The molecule has 0 aliphatic heterocycles. The van der Waals surface area contributed by atoms with Crippen LogP contribution in [0.1, 0.15) is 5.69 Å². The maximum absolute atomic E-state index is 12.1. The van der Waals surface area contributed by atoms with Crippen LogP contribution in [0.2, 0.25) is 0 Å². The van der Waals surface area contributed by atoms with Gasteiger partial charge in [0.25, 0.3) is 5.56 Å². The van der Waals surface area contributed by atoms with Crippen LogP contribution >= 0.6 is 35.3 Å². The molecule has 4 rings (SSSR count). The van der Waals surface area contributed by atoms with Crippen LogP contribution < -0.4 is 5.56 Å². The number of para-hydroxylation sites is 1. The van der Waals surface area contributed by atoms with E-state index in [4.69, 9.17) is 12.2 Å². The zero-order valence-electron chi connectivity index (χ0n) is 12.9. The van der Waals surface area contributed by atoms with E-state index in [2.05, 4.69) is 10.1 Å². The van der Waals surface area contributed by atoms with E-state index in [-0.39, 0.29) is 5.56 Å². The second-order valence-corrected chi connectivity index (χ2v) is 8.03. The van der Waals surface area contributed by atoms with Gasteiger partial charge in [0, 0.05) is 18.0 Å². The zero-order chi connectivity index (χ0) is 17.2. The van der Waals surface area contributed by atoms with Gasteiger partial charge in [-0.2, -0.15) is 0 Å². The fourth-order valence-corrected chi connectivity index (χ4v) is 4.62. The summed E-state index contributed by atoms with van der Waals surface area (Å²) in [5.41, 5.74) is 2.24. The number of nitrogens with zero attached hydrogens (tertiary/aromatic N) is 4. The second kappa shape index (κ2) is 6.91. The molecule has 0 radical (unpaired) electrons. The quantitative estimate of drug-likeness (QED) is 0.394. The molecule has 4 aromatic rings. The zero-order valence-corrected chi connectivity index (χ0v) is 15.4. The van der Waals surface area contributed by atoms with Gasteiger partial charge in [-0.15, -0.1) is 5.10 Å². The maximum Gasteiger partial charge on any atom is 0.258 e. The molecule has 0 atom stereocenters. The number of hydrogen-bond acceptors (Lipinski definition) is 6. The van der Waals surface area contributed by atoms with E-state index >= 15 is 0 Å². The molecule has 25 heavy (non-hydrogen) atoms. The van der Waals surface area contributed by atoms with E-state index < -0.39 is 0 Å². The molecule has 0 fully saturated rings. The van der Waals surface area contributed by atoms with Gasteiger partial charge in [-0.05, 0) is 36.5 Å². The topological polar surface area (TPSA) is 52.2 Å². The van der Waals surface area contributed by atoms with E-state index in [1.54, 1.807) is 16.9 Å². The molecule has 0 bridgehead atoms. The van der Waals surface area contributed by atoms with Crippen molar-refractivity contribution in [2.24, 2.45) is 0 Å². The first-order valence-electron chi connectivity index (χ1n) is 7.46. The molecule has 3 aromatic heterocycles. The van der Waals surface area contributed by atoms with E-state index in [0.29, 0.717) is 15.4 Å². The Bertz CT molecular complexity index is 1150. The predicted molar refractivity (Wildman–Crippen MR) is 103 cm³/mol. The molecule has 1 aromatic carbocycles. The van der Waals surface area contributed by atoms with E-state index in [9.17, 15) is 4.79 Å². The van der Waals surface area contributed by atoms with E-state index in [0.717, 1.165) is 15.7 Å². The van der Waals surface area contributed by atoms with Crippen molar-refractivity contribution in [2.45, 2.75) is 10.1 Å². The van der Waals surface area contributed by atoms with E-state index in [1.807, 2.05) is 48.5 Å². The third-order valence-corrected chi connectivity index (χ3v) is 5.90. The lowest BCUT2D eigenvalue weighted by Gasteiger charge is -2.02. The number of thioether (sulfide) groups is 1. The minimum absolute atomic E-state index is 0.0800. The first kappa shape index (κ1) is 16.2. The summed E-state index contributed by atoms with van der Waals surface area (Å²) in [6, 6.07) is 16.9. The summed E-state index contributed by atoms with van der Waals surface area (Å²) in [7, 11) is 0. The summed E-state index contributed by atoms with van der Waals surface area (Å²) in [5.74, 6) is 0.567. The van der Waals surface area contributed by atoms with Crippen molar-refractivity contribution < 1.29 is 0 Å². The SMILES string of the molecule is O=c1cc(CSc2nn(-c3ccccc3)c(=S)s2)nc2ccccn12. The van der Waals surface area contributed by atoms with Crippen LogP contribution in [-0.4, -0.2) is 19.2 Å². The molecule has 0 spiro atoms. The van der Waals surface area contributed by atoms with Crippen LogP contribution in [0.25, 0.3) is 11.3 Å². The Morgan fingerprint density at radius 1 is 1.12 bits per heavy atom. The van der Waals surface area contributed by atoms with Crippen molar-refractivity contribution >= 4 is 41.0 Å². The lowest BCUT2D eigenvalue weighted by atomic mass is 10.3. The number of pyridine rings is 1. The Hall–Kier alpha value is -2.29. The molecule has 8 heteroatoms. The fourth-order valence-electron chi connectivity index (χ4n) is 2.36. The highest BCUT2D eigenvalue weighted by molar-refractivity contribution is 8.00. The van der Waals surface area contributed by atoms with Crippen LogP contribution in [0.3, 0.4) is 0 Å². The van der Waals surface area contributed by atoms with E-state index in [1.165, 1.54) is 27.5 Å². The number of fused-ring (bicyclic) bond motifs is 1. The maximum atomic E-state index is 12.1. The molecule has 124 valence electrons. The van der Waals surface area contributed by atoms with Crippen molar-refractivity contribution in [3.8, 4) is 5.69 Å². The highest BCUT2D eigenvalue weighted by Gasteiger charge is 2.08. The molecule has 0 saturated heterocycles. The lowest BCUT2D eigenvalue weighted by molar-refractivity contribution is 0.829. The Kier molecular flexibility index (Phi) is 4.48. The summed E-state index contributed by atoms with van der Waals surface area (Å²) in [6.45, 7) is 0. The average Bonchev–Trinajstić information content (AvgIpc) is 3.02. The van der Waals surface area contributed by atoms with Gasteiger partial charge in [0.05, 0.1) is 11.4 Å².